The smallest absolute Gasteiger partial charge is 0.172 e. The van der Waals surface area contributed by atoms with Crippen LogP contribution in [0.25, 0.3) is 0 Å². The Morgan fingerprint density at radius 3 is 2.77 bits per heavy atom. The molecule has 3 rings (SSSR count). The van der Waals surface area contributed by atoms with Gasteiger partial charge in [-0.15, -0.1) is 0 Å². The van der Waals surface area contributed by atoms with Crippen LogP contribution >= 0.6 is 0 Å². The van der Waals surface area contributed by atoms with E-state index in [1.54, 1.807) is 0 Å². The van der Waals surface area contributed by atoms with Gasteiger partial charge in [-0.1, -0.05) is 29.8 Å². The fraction of sp³-hybridized carbons (Fsp3) is 0.500. The lowest BCUT2D eigenvalue weighted by Crippen LogP contribution is -2.34. The molecule has 1 aliphatic heterocycles. The Morgan fingerprint density at radius 1 is 1.32 bits per heavy atom. The normalized spacial score (nSPS) is 24.7. The minimum atomic E-state index is -0.477. The Morgan fingerprint density at radius 2 is 2.14 bits per heavy atom. The van der Waals surface area contributed by atoms with Crippen molar-refractivity contribution in [3.63, 3.8) is 0 Å². The van der Waals surface area contributed by atoms with E-state index in [2.05, 4.69) is 47.7 Å². The molecule has 4 heteroatoms. The third-order valence-corrected chi connectivity index (χ3v) is 4.12. The van der Waals surface area contributed by atoms with Gasteiger partial charge in [0.2, 0.25) is 0 Å². The Balaban J connectivity index is 1.64. The van der Waals surface area contributed by atoms with Crippen LogP contribution in [0.3, 0.4) is 0 Å². The summed E-state index contributed by atoms with van der Waals surface area (Å²) in [6, 6.07) is 8.63. The summed E-state index contributed by atoms with van der Waals surface area (Å²) in [5.74, 6) is -0.477. The average Bonchev–Trinajstić information content (AvgIpc) is 3.13. The first kappa shape index (κ1) is 15.3. The number of hydrogen-bond acceptors (Lipinski definition) is 3. The summed E-state index contributed by atoms with van der Waals surface area (Å²) in [7, 11) is 0. The lowest BCUT2D eigenvalue weighted by atomic mass is 9.99. The summed E-state index contributed by atoms with van der Waals surface area (Å²) in [5, 5.41) is 0. The zero-order valence-corrected chi connectivity index (χ0v) is 13.4. The maximum absolute atomic E-state index is 6.16. The number of benzene rings is 1. The molecule has 0 amide bonds. The monoisotopic (exact) mass is 300 g/mol. The maximum atomic E-state index is 6.16. The van der Waals surface area contributed by atoms with Crippen LogP contribution in [-0.4, -0.2) is 28.0 Å². The molecule has 0 bridgehead atoms. The highest BCUT2D eigenvalue weighted by Crippen LogP contribution is 2.32. The number of imidazole rings is 1. The number of nitrogens with zero attached hydrogens (tertiary/aromatic N) is 2. The van der Waals surface area contributed by atoms with Gasteiger partial charge in [0.1, 0.15) is 0 Å². The largest absolute Gasteiger partial charge is 0.347 e. The van der Waals surface area contributed by atoms with E-state index in [0.29, 0.717) is 6.61 Å². The lowest BCUT2D eigenvalue weighted by molar-refractivity contribution is -0.171. The van der Waals surface area contributed by atoms with Crippen LogP contribution in [0.2, 0.25) is 0 Å². The number of rotatable bonds is 6. The molecule has 2 atom stereocenters. The fourth-order valence-corrected chi connectivity index (χ4v) is 2.98. The molecule has 2 aromatic rings. The van der Waals surface area contributed by atoms with Crippen LogP contribution in [-0.2, 0) is 22.4 Å². The molecule has 0 N–H and O–H groups in total. The SMILES string of the molecule is Cc1ccc(CC2(CCCn3ccnc3)OCC(C)O2)cc1. The molecule has 0 aliphatic carbocycles. The summed E-state index contributed by atoms with van der Waals surface area (Å²) in [5.41, 5.74) is 2.54. The van der Waals surface area contributed by atoms with Crippen molar-refractivity contribution in [3.8, 4) is 0 Å². The second-order valence-electron chi connectivity index (χ2n) is 6.22. The fourth-order valence-electron chi connectivity index (χ4n) is 2.98. The van der Waals surface area contributed by atoms with Crippen LogP contribution in [0.15, 0.2) is 43.0 Å². The third kappa shape index (κ3) is 3.76. The van der Waals surface area contributed by atoms with E-state index in [0.717, 1.165) is 25.8 Å². The van der Waals surface area contributed by atoms with Gasteiger partial charge in [0.25, 0.3) is 0 Å². The van der Waals surface area contributed by atoms with E-state index in [4.69, 9.17) is 9.47 Å². The Kier molecular flexibility index (Phi) is 4.60. The van der Waals surface area contributed by atoms with Crippen LogP contribution in [0.5, 0.6) is 0 Å². The molecule has 1 fully saturated rings. The molecule has 0 saturated carbocycles. The quantitative estimate of drug-likeness (QED) is 0.821. The second kappa shape index (κ2) is 6.63. The van der Waals surface area contributed by atoms with Crippen molar-refractivity contribution in [1.82, 2.24) is 9.55 Å². The van der Waals surface area contributed by atoms with Crippen LogP contribution < -0.4 is 0 Å². The topological polar surface area (TPSA) is 36.3 Å². The molecule has 1 aromatic carbocycles. The van der Waals surface area contributed by atoms with Crippen molar-refractivity contribution < 1.29 is 9.47 Å². The first-order valence-corrected chi connectivity index (χ1v) is 7.98. The van der Waals surface area contributed by atoms with Crippen molar-refractivity contribution in [1.29, 1.82) is 0 Å². The molecule has 4 nitrogen and oxygen atoms in total. The van der Waals surface area contributed by atoms with Gasteiger partial charge in [-0.3, -0.25) is 0 Å². The highest BCUT2D eigenvalue weighted by Gasteiger charge is 2.39. The number of hydrogen-bond donors (Lipinski definition) is 0. The van der Waals surface area contributed by atoms with Gasteiger partial charge in [-0.25, -0.2) is 4.98 Å². The van der Waals surface area contributed by atoms with E-state index in [-0.39, 0.29) is 6.10 Å². The average molecular weight is 300 g/mol. The van der Waals surface area contributed by atoms with Gasteiger partial charge >= 0.3 is 0 Å². The molecule has 1 saturated heterocycles. The first-order chi connectivity index (χ1) is 10.7. The molecule has 22 heavy (non-hydrogen) atoms. The zero-order chi connectivity index (χ0) is 15.4. The van der Waals surface area contributed by atoms with E-state index < -0.39 is 5.79 Å². The molecule has 0 spiro atoms. The van der Waals surface area contributed by atoms with Gasteiger partial charge in [0.05, 0.1) is 19.0 Å². The highest BCUT2D eigenvalue weighted by molar-refractivity contribution is 5.22. The summed E-state index contributed by atoms with van der Waals surface area (Å²) in [4.78, 5) is 4.08. The van der Waals surface area contributed by atoms with Crippen molar-refractivity contribution in [2.24, 2.45) is 0 Å². The van der Waals surface area contributed by atoms with Crippen molar-refractivity contribution in [3.05, 3.63) is 54.1 Å². The molecule has 2 heterocycles. The van der Waals surface area contributed by atoms with Crippen molar-refractivity contribution in [2.45, 2.75) is 51.5 Å². The Hall–Kier alpha value is -1.65. The standard InChI is InChI=1S/C18H24N2O2/c1-15-4-6-17(7-5-15)12-18(21-13-16(2)22-18)8-3-10-20-11-9-19-14-20/h4-7,9,11,14,16H,3,8,10,12-13H2,1-2H3. The number of aryl methyl sites for hydroxylation is 2. The highest BCUT2D eigenvalue weighted by atomic mass is 16.7. The molecule has 0 radical (unpaired) electrons. The van der Waals surface area contributed by atoms with Crippen LogP contribution in [0.4, 0.5) is 0 Å². The first-order valence-electron chi connectivity index (χ1n) is 7.98. The van der Waals surface area contributed by atoms with Crippen molar-refractivity contribution in [2.75, 3.05) is 6.61 Å². The Labute approximate surface area is 132 Å². The summed E-state index contributed by atoms with van der Waals surface area (Å²) in [6.45, 7) is 5.80. The molecule has 118 valence electrons. The molecular formula is C18H24N2O2. The van der Waals surface area contributed by atoms with E-state index >= 15 is 0 Å². The van der Waals surface area contributed by atoms with Crippen molar-refractivity contribution >= 4 is 0 Å². The molecule has 1 aromatic heterocycles. The van der Waals surface area contributed by atoms with E-state index in [1.165, 1.54) is 11.1 Å². The van der Waals surface area contributed by atoms with Gasteiger partial charge in [0.15, 0.2) is 5.79 Å². The minimum absolute atomic E-state index is 0.165. The Bertz CT molecular complexity index is 580. The summed E-state index contributed by atoms with van der Waals surface area (Å²) < 4.78 is 14.3. The summed E-state index contributed by atoms with van der Waals surface area (Å²) >= 11 is 0. The molecule has 1 aliphatic rings. The third-order valence-electron chi connectivity index (χ3n) is 4.12. The lowest BCUT2D eigenvalue weighted by Gasteiger charge is -2.28. The predicted molar refractivity (Wildman–Crippen MR) is 85.6 cm³/mol. The zero-order valence-electron chi connectivity index (χ0n) is 13.4. The minimum Gasteiger partial charge on any atom is -0.347 e. The van der Waals surface area contributed by atoms with Crippen LogP contribution in [0, 0.1) is 6.92 Å². The van der Waals surface area contributed by atoms with Gasteiger partial charge in [-0.2, -0.15) is 0 Å². The van der Waals surface area contributed by atoms with Gasteiger partial charge in [-0.05, 0) is 25.8 Å². The van der Waals surface area contributed by atoms with E-state index in [9.17, 15) is 0 Å². The molecular weight excluding hydrogens is 276 g/mol. The van der Waals surface area contributed by atoms with Gasteiger partial charge < -0.3 is 14.0 Å². The maximum Gasteiger partial charge on any atom is 0.172 e. The second-order valence-corrected chi connectivity index (χ2v) is 6.22. The van der Waals surface area contributed by atoms with Crippen LogP contribution in [0.1, 0.15) is 30.9 Å². The summed E-state index contributed by atoms with van der Waals surface area (Å²) in [6.07, 6.45) is 8.53. The predicted octanol–water partition coefficient (Wildman–Crippen LogP) is 3.35. The van der Waals surface area contributed by atoms with E-state index in [1.807, 2.05) is 18.7 Å². The number of ether oxygens (including phenoxy) is 2. The van der Waals surface area contributed by atoms with Gasteiger partial charge in [0, 0.05) is 31.8 Å². The number of aromatic nitrogens is 2. The molecule has 2 unspecified atom stereocenters.